The van der Waals surface area contributed by atoms with Gasteiger partial charge in [-0.2, -0.15) is 15.4 Å². The van der Waals surface area contributed by atoms with Crippen molar-refractivity contribution in [2.75, 3.05) is 26.7 Å². The molecule has 2 aromatic carbocycles. The number of likely N-dealkylation sites (tertiary alicyclic amines) is 1. The lowest BCUT2D eigenvalue weighted by Crippen LogP contribution is -2.44. The predicted octanol–water partition coefficient (Wildman–Crippen LogP) is 3.23. The lowest BCUT2D eigenvalue weighted by atomic mass is 10.0. The monoisotopic (exact) mass is 503 g/mol. The van der Waals surface area contributed by atoms with Crippen LogP contribution in [0.2, 0.25) is 0 Å². The van der Waals surface area contributed by atoms with Gasteiger partial charge in [0.15, 0.2) is 0 Å². The van der Waals surface area contributed by atoms with Gasteiger partial charge in [0.05, 0.1) is 13.1 Å². The molecule has 188 valence electrons. The van der Waals surface area contributed by atoms with E-state index in [1.165, 1.54) is 24.1 Å². The number of aromatic amines is 1. The SMILES string of the molecule is COC12CN(C(=O)c3ccc4n[nH]nc4c3)C=C1CN(C(=O)OCc1ccc(OC(F)(F)F)cc1)C2. The maximum atomic E-state index is 13.1. The van der Waals surface area contributed by atoms with Crippen LogP contribution in [0.5, 0.6) is 5.75 Å². The quantitative estimate of drug-likeness (QED) is 0.569. The van der Waals surface area contributed by atoms with Crippen molar-refractivity contribution in [3.8, 4) is 5.75 Å². The first kappa shape index (κ1) is 23.6. The molecule has 36 heavy (non-hydrogen) atoms. The zero-order valence-corrected chi connectivity index (χ0v) is 18.9. The van der Waals surface area contributed by atoms with Gasteiger partial charge in [0.2, 0.25) is 0 Å². The average molecular weight is 503 g/mol. The third-order valence-electron chi connectivity index (χ3n) is 6.12. The van der Waals surface area contributed by atoms with Crippen molar-refractivity contribution >= 4 is 23.0 Å². The van der Waals surface area contributed by atoms with E-state index in [1.807, 2.05) is 0 Å². The molecule has 1 aromatic heterocycles. The van der Waals surface area contributed by atoms with Crippen molar-refractivity contribution in [3.05, 3.63) is 65.4 Å². The Balaban J connectivity index is 1.21. The number of benzene rings is 2. The Labute approximate surface area is 202 Å². The van der Waals surface area contributed by atoms with Crippen LogP contribution in [0.15, 0.2) is 54.2 Å². The Bertz CT molecular complexity index is 1340. The first-order valence-corrected chi connectivity index (χ1v) is 10.8. The van der Waals surface area contributed by atoms with Crippen molar-refractivity contribution in [1.29, 1.82) is 0 Å². The number of hydrogen-bond donors (Lipinski definition) is 1. The number of rotatable bonds is 5. The first-order chi connectivity index (χ1) is 17.2. The van der Waals surface area contributed by atoms with Crippen LogP contribution in [-0.2, 0) is 16.1 Å². The van der Waals surface area contributed by atoms with E-state index in [2.05, 4.69) is 20.1 Å². The Morgan fingerprint density at radius 2 is 1.83 bits per heavy atom. The molecule has 0 radical (unpaired) electrons. The van der Waals surface area contributed by atoms with Gasteiger partial charge in [-0.1, -0.05) is 12.1 Å². The van der Waals surface area contributed by atoms with Crippen LogP contribution in [0.1, 0.15) is 15.9 Å². The summed E-state index contributed by atoms with van der Waals surface area (Å²) < 4.78 is 51.8. The van der Waals surface area contributed by atoms with Crippen molar-refractivity contribution in [2.24, 2.45) is 0 Å². The van der Waals surface area contributed by atoms with Crippen molar-refractivity contribution in [2.45, 2.75) is 18.6 Å². The number of hydrogen-bond acceptors (Lipinski definition) is 7. The Hall–Kier alpha value is -4.13. The van der Waals surface area contributed by atoms with Crippen LogP contribution in [0.3, 0.4) is 0 Å². The van der Waals surface area contributed by atoms with E-state index >= 15 is 0 Å². The summed E-state index contributed by atoms with van der Waals surface area (Å²) in [6.07, 6.45) is -3.70. The van der Waals surface area contributed by atoms with E-state index in [9.17, 15) is 22.8 Å². The fourth-order valence-electron chi connectivity index (χ4n) is 4.32. The van der Waals surface area contributed by atoms with E-state index in [1.54, 1.807) is 29.3 Å². The molecule has 0 spiro atoms. The molecule has 3 aromatic rings. The topological polar surface area (TPSA) is 110 Å². The standard InChI is InChI=1S/C23H20F3N5O5/c1-34-22-12-30(20(32)15-4-7-18-19(8-15)28-29-27-18)9-16(22)10-31(13-22)21(33)35-11-14-2-5-17(6-3-14)36-23(24,25)26/h2-9H,10-13H2,1H3,(H,27,28,29). The summed E-state index contributed by atoms with van der Waals surface area (Å²) in [7, 11) is 1.52. The molecule has 0 saturated carbocycles. The summed E-state index contributed by atoms with van der Waals surface area (Å²) in [4.78, 5) is 28.7. The van der Waals surface area contributed by atoms with E-state index in [4.69, 9.17) is 9.47 Å². The molecule has 13 heteroatoms. The number of aromatic nitrogens is 3. The van der Waals surface area contributed by atoms with E-state index in [-0.39, 0.29) is 37.9 Å². The number of amides is 2. The summed E-state index contributed by atoms with van der Waals surface area (Å²) >= 11 is 0. The first-order valence-electron chi connectivity index (χ1n) is 10.8. The summed E-state index contributed by atoms with van der Waals surface area (Å²) in [5.41, 5.74) is 2.07. The number of halogens is 3. The van der Waals surface area contributed by atoms with Gasteiger partial charge in [0, 0.05) is 31.0 Å². The van der Waals surface area contributed by atoms with Gasteiger partial charge >= 0.3 is 12.5 Å². The van der Waals surface area contributed by atoms with Gasteiger partial charge in [-0.15, -0.1) is 13.2 Å². The Morgan fingerprint density at radius 3 is 2.53 bits per heavy atom. The number of ether oxygens (including phenoxy) is 3. The highest BCUT2D eigenvalue weighted by Crippen LogP contribution is 2.37. The van der Waals surface area contributed by atoms with Gasteiger partial charge in [-0.05, 0) is 35.9 Å². The third-order valence-corrected chi connectivity index (χ3v) is 6.12. The lowest BCUT2D eigenvalue weighted by molar-refractivity contribution is -0.274. The molecule has 1 unspecified atom stereocenters. The van der Waals surface area contributed by atoms with Crippen molar-refractivity contribution < 1.29 is 37.0 Å². The molecule has 0 bridgehead atoms. The molecule has 0 aliphatic carbocycles. The highest BCUT2D eigenvalue weighted by Gasteiger charge is 2.50. The lowest BCUT2D eigenvalue weighted by Gasteiger charge is -2.27. The number of nitrogens with zero attached hydrogens (tertiary/aromatic N) is 4. The minimum absolute atomic E-state index is 0.129. The molecule has 2 amide bonds. The normalized spacial score (nSPS) is 19.4. The molecular weight excluding hydrogens is 483 g/mol. The molecular formula is C23H20F3N5O5. The highest BCUT2D eigenvalue weighted by atomic mass is 19.4. The van der Waals surface area contributed by atoms with Crippen LogP contribution in [0, 0.1) is 0 Å². The zero-order valence-electron chi connectivity index (χ0n) is 18.9. The molecule has 3 heterocycles. The second-order valence-corrected chi connectivity index (χ2v) is 8.42. The maximum Gasteiger partial charge on any atom is 0.573 e. The largest absolute Gasteiger partial charge is 0.573 e. The van der Waals surface area contributed by atoms with Crippen molar-refractivity contribution in [3.63, 3.8) is 0 Å². The molecule has 10 nitrogen and oxygen atoms in total. The fourth-order valence-corrected chi connectivity index (χ4v) is 4.32. The van der Waals surface area contributed by atoms with Crippen LogP contribution >= 0.6 is 0 Å². The van der Waals surface area contributed by atoms with E-state index in [0.717, 1.165) is 17.7 Å². The zero-order chi connectivity index (χ0) is 25.5. The molecule has 2 aliphatic heterocycles. The molecule has 2 aliphatic rings. The predicted molar refractivity (Wildman–Crippen MR) is 118 cm³/mol. The fraction of sp³-hybridized carbons (Fsp3) is 0.304. The number of H-pyrrole nitrogens is 1. The van der Waals surface area contributed by atoms with Crippen LogP contribution < -0.4 is 4.74 Å². The number of alkyl halides is 3. The maximum absolute atomic E-state index is 13.1. The van der Waals surface area contributed by atoms with Gasteiger partial charge in [-0.3, -0.25) is 4.79 Å². The van der Waals surface area contributed by atoms with Crippen LogP contribution in [0.4, 0.5) is 18.0 Å². The molecule has 5 rings (SSSR count). The minimum Gasteiger partial charge on any atom is -0.445 e. The van der Waals surface area contributed by atoms with Gasteiger partial charge in [0.1, 0.15) is 29.0 Å². The third kappa shape index (κ3) is 4.56. The number of methoxy groups -OCH3 is 1. The molecule has 1 atom stereocenters. The molecule has 1 saturated heterocycles. The van der Waals surface area contributed by atoms with Crippen LogP contribution in [-0.4, -0.2) is 75.9 Å². The van der Waals surface area contributed by atoms with Crippen molar-refractivity contribution in [1.82, 2.24) is 25.2 Å². The Kier molecular flexibility index (Phi) is 5.79. The number of carbonyl (C=O) groups excluding carboxylic acids is 2. The average Bonchev–Trinajstić information content (AvgIpc) is 3.54. The van der Waals surface area contributed by atoms with Gasteiger partial charge < -0.3 is 24.0 Å². The summed E-state index contributed by atoms with van der Waals surface area (Å²) in [5.74, 6) is -0.593. The number of fused-ring (bicyclic) bond motifs is 2. The molecule has 1 N–H and O–H groups in total. The minimum atomic E-state index is -4.78. The Morgan fingerprint density at radius 1 is 1.08 bits per heavy atom. The summed E-state index contributed by atoms with van der Waals surface area (Å²) in [6.45, 7) is 0.477. The second kappa shape index (κ2) is 8.82. The van der Waals surface area contributed by atoms with Gasteiger partial charge in [0.25, 0.3) is 5.91 Å². The summed E-state index contributed by atoms with van der Waals surface area (Å²) in [5, 5.41) is 10.5. The van der Waals surface area contributed by atoms with E-state index in [0.29, 0.717) is 22.2 Å². The highest BCUT2D eigenvalue weighted by molar-refractivity contribution is 5.98. The van der Waals surface area contributed by atoms with Crippen LogP contribution in [0.25, 0.3) is 11.0 Å². The smallest absolute Gasteiger partial charge is 0.445 e. The number of nitrogens with one attached hydrogen (secondary N) is 1. The van der Waals surface area contributed by atoms with E-state index < -0.39 is 18.1 Å². The summed E-state index contributed by atoms with van der Waals surface area (Å²) in [6, 6.07) is 10.1. The second-order valence-electron chi connectivity index (χ2n) is 8.42. The molecule has 1 fully saturated rings. The van der Waals surface area contributed by atoms with Gasteiger partial charge in [-0.25, -0.2) is 4.79 Å². The number of carbonyl (C=O) groups is 2.